The molecule has 1 aromatic heterocycles. The standard InChI is InChI=1S/C17H17Cl2NO4S/c18-15-4-3-12(8-16(15)19)9-17(21)20(10-14-2-1-6-24-14)13-5-7-25(22,23)11-13/h1-4,6,8,13H,5,7,9-11H2/t13-/m0/s1. The molecule has 0 aliphatic carbocycles. The van der Waals surface area contributed by atoms with E-state index in [9.17, 15) is 13.2 Å². The molecular weight excluding hydrogens is 385 g/mol. The summed E-state index contributed by atoms with van der Waals surface area (Å²) in [4.78, 5) is 14.4. The van der Waals surface area contributed by atoms with Gasteiger partial charge in [0.15, 0.2) is 9.84 Å². The van der Waals surface area contributed by atoms with E-state index in [2.05, 4.69) is 0 Å². The number of amides is 1. The highest BCUT2D eigenvalue weighted by Crippen LogP contribution is 2.25. The van der Waals surface area contributed by atoms with Crippen LogP contribution >= 0.6 is 23.2 Å². The minimum absolute atomic E-state index is 0.0131. The number of hydrogen-bond acceptors (Lipinski definition) is 4. The molecule has 0 saturated carbocycles. The molecule has 0 radical (unpaired) electrons. The van der Waals surface area contributed by atoms with Crippen LogP contribution in [0.1, 0.15) is 17.7 Å². The zero-order chi connectivity index (χ0) is 18.0. The van der Waals surface area contributed by atoms with Crippen molar-refractivity contribution in [2.24, 2.45) is 0 Å². The first kappa shape index (κ1) is 18.3. The van der Waals surface area contributed by atoms with E-state index in [0.717, 1.165) is 5.56 Å². The summed E-state index contributed by atoms with van der Waals surface area (Å²) in [5.41, 5.74) is 0.727. The first-order valence-electron chi connectivity index (χ1n) is 7.80. The Morgan fingerprint density at radius 3 is 2.64 bits per heavy atom. The van der Waals surface area contributed by atoms with Gasteiger partial charge in [-0.15, -0.1) is 0 Å². The minimum Gasteiger partial charge on any atom is -0.467 e. The molecule has 3 rings (SSSR count). The van der Waals surface area contributed by atoms with E-state index in [4.69, 9.17) is 27.6 Å². The summed E-state index contributed by atoms with van der Waals surface area (Å²) in [6.07, 6.45) is 2.09. The second-order valence-corrected chi connectivity index (χ2v) is 9.13. The van der Waals surface area contributed by atoms with E-state index < -0.39 is 9.84 Å². The second-order valence-electron chi connectivity index (χ2n) is 6.08. The van der Waals surface area contributed by atoms with Crippen molar-refractivity contribution in [1.82, 2.24) is 4.90 Å². The van der Waals surface area contributed by atoms with E-state index in [0.29, 0.717) is 22.2 Å². The van der Waals surface area contributed by atoms with Crippen molar-refractivity contribution in [3.63, 3.8) is 0 Å². The number of benzene rings is 1. The van der Waals surface area contributed by atoms with Gasteiger partial charge in [-0.05, 0) is 36.2 Å². The Hall–Kier alpha value is -1.50. The summed E-state index contributed by atoms with van der Waals surface area (Å²) in [5, 5.41) is 0.806. The Balaban J connectivity index is 1.80. The van der Waals surface area contributed by atoms with Crippen molar-refractivity contribution in [2.75, 3.05) is 11.5 Å². The molecule has 0 spiro atoms. The second kappa shape index (κ2) is 7.40. The predicted molar refractivity (Wildman–Crippen MR) is 96.5 cm³/mol. The molecule has 5 nitrogen and oxygen atoms in total. The van der Waals surface area contributed by atoms with Crippen molar-refractivity contribution in [1.29, 1.82) is 0 Å². The maximum absolute atomic E-state index is 12.8. The maximum Gasteiger partial charge on any atom is 0.227 e. The average Bonchev–Trinajstić information content (AvgIpc) is 3.17. The minimum atomic E-state index is -3.10. The lowest BCUT2D eigenvalue weighted by atomic mass is 10.1. The molecule has 1 aromatic carbocycles. The SMILES string of the molecule is O=C(Cc1ccc(Cl)c(Cl)c1)N(Cc1ccco1)[C@H]1CCS(=O)(=O)C1. The van der Waals surface area contributed by atoms with Gasteiger partial charge in [-0.2, -0.15) is 0 Å². The molecule has 2 aromatic rings. The fourth-order valence-corrected chi connectivity index (χ4v) is 4.99. The van der Waals surface area contributed by atoms with Gasteiger partial charge < -0.3 is 9.32 Å². The average molecular weight is 402 g/mol. The molecule has 1 saturated heterocycles. The van der Waals surface area contributed by atoms with Crippen LogP contribution in [0, 0.1) is 0 Å². The van der Waals surface area contributed by atoms with E-state index in [1.54, 1.807) is 35.2 Å². The van der Waals surface area contributed by atoms with Crippen LogP contribution in [0.3, 0.4) is 0 Å². The lowest BCUT2D eigenvalue weighted by Gasteiger charge is -2.27. The van der Waals surface area contributed by atoms with Gasteiger partial charge in [0, 0.05) is 6.04 Å². The van der Waals surface area contributed by atoms with Gasteiger partial charge in [-0.25, -0.2) is 8.42 Å². The van der Waals surface area contributed by atoms with Crippen LogP contribution in [-0.2, 0) is 27.6 Å². The van der Waals surface area contributed by atoms with E-state index in [-0.39, 0.29) is 36.4 Å². The summed E-state index contributed by atoms with van der Waals surface area (Å²) >= 11 is 11.9. The first-order valence-corrected chi connectivity index (χ1v) is 10.4. The van der Waals surface area contributed by atoms with Crippen LogP contribution in [-0.4, -0.2) is 36.8 Å². The summed E-state index contributed by atoms with van der Waals surface area (Å²) in [7, 11) is -3.10. The van der Waals surface area contributed by atoms with Gasteiger partial charge in [0.1, 0.15) is 5.76 Å². The topological polar surface area (TPSA) is 67.6 Å². The molecule has 0 N–H and O–H groups in total. The highest BCUT2D eigenvalue weighted by atomic mass is 35.5. The molecule has 25 heavy (non-hydrogen) atoms. The van der Waals surface area contributed by atoms with Gasteiger partial charge in [-0.1, -0.05) is 29.3 Å². The van der Waals surface area contributed by atoms with Crippen LogP contribution in [0.25, 0.3) is 0 Å². The van der Waals surface area contributed by atoms with E-state index in [1.165, 1.54) is 6.26 Å². The quantitative estimate of drug-likeness (QED) is 0.770. The highest BCUT2D eigenvalue weighted by molar-refractivity contribution is 7.91. The Kier molecular flexibility index (Phi) is 5.41. The van der Waals surface area contributed by atoms with Gasteiger partial charge >= 0.3 is 0 Å². The number of sulfone groups is 1. The van der Waals surface area contributed by atoms with Crippen LogP contribution in [0.4, 0.5) is 0 Å². The molecular formula is C17H17Cl2NO4S. The van der Waals surface area contributed by atoms with Crippen LogP contribution in [0.2, 0.25) is 10.0 Å². The number of furan rings is 1. The molecule has 2 heterocycles. The number of hydrogen-bond donors (Lipinski definition) is 0. The van der Waals surface area contributed by atoms with Crippen molar-refractivity contribution in [2.45, 2.75) is 25.4 Å². The van der Waals surface area contributed by atoms with E-state index in [1.807, 2.05) is 0 Å². The largest absolute Gasteiger partial charge is 0.467 e. The third-order valence-electron chi connectivity index (χ3n) is 4.22. The third kappa shape index (κ3) is 4.57. The van der Waals surface area contributed by atoms with Crippen molar-refractivity contribution >= 4 is 38.9 Å². The predicted octanol–water partition coefficient (Wildman–Crippen LogP) is 3.34. The Bertz CT molecular complexity index is 865. The summed E-state index contributed by atoms with van der Waals surface area (Å²) in [5.74, 6) is 0.538. The number of halogens is 2. The molecule has 1 aliphatic heterocycles. The van der Waals surface area contributed by atoms with Crippen LogP contribution in [0.15, 0.2) is 41.0 Å². The first-order chi connectivity index (χ1) is 11.8. The highest BCUT2D eigenvalue weighted by Gasteiger charge is 2.35. The summed E-state index contributed by atoms with van der Waals surface area (Å²) in [6.45, 7) is 0.243. The lowest BCUT2D eigenvalue weighted by Crippen LogP contribution is -2.41. The lowest BCUT2D eigenvalue weighted by molar-refractivity contribution is -0.133. The molecule has 1 aliphatic rings. The zero-order valence-corrected chi connectivity index (χ0v) is 15.6. The molecule has 1 fully saturated rings. The summed E-state index contributed by atoms with van der Waals surface area (Å²) < 4.78 is 29.0. The fraction of sp³-hybridized carbons (Fsp3) is 0.353. The monoisotopic (exact) mass is 401 g/mol. The normalized spacial score (nSPS) is 19.0. The smallest absolute Gasteiger partial charge is 0.227 e. The fourth-order valence-electron chi connectivity index (χ4n) is 2.94. The molecule has 1 atom stereocenters. The number of carbonyl (C=O) groups is 1. The number of carbonyl (C=O) groups excluding carboxylic acids is 1. The van der Waals surface area contributed by atoms with Gasteiger partial charge in [0.2, 0.25) is 5.91 Å². The van der Waals surface area contributed by atoms with Crippen LogP contribution < -0.4 is 0 Å². The zero-order valence-electron chi connectivity index (χ0n) is 13.3. The Morgan fingerprint density at radius 1 is 1.24 bits per heavy atom. The molecule has 8 heteroatoms. The molecule has 0 unspecified atom stereocenters. The van der Waals surface area contributed by atoms with Crippen molar-refractivity contribution < 1.29 is 17.6 Å². The molecule has 134 valence electrons. The maximum atomic E-state index is 12.8. The van der Waals surface area contributed by atoms with Crippen molar-refractivity contribution in [3.05, 3.63) is 58.0 Å². The summed E-state index contributed by atoms with van der Waals surface area (Å²) in [6, 6.07) is 8.19. The number of nitrogens with zero attached hydrogens (tertiary/aromatic N) is 1. The molecule has 0 bridgehead atoms. The Labute approximate surface area is 156 Å². The van der Waals surface area contributed by atoms with Crippen molar-refractivity contribution in [3.8, 4) is 0 Å². The number of rotatable bonds is 5. The van der Waals surface area contributed by atoms with E-state index >= 15 is 0 Å². The van der Waals surface area contributed by atoms with Crippen LogP contribution in [0.5, 0.6) is 0 Å². The Morgan fingerprint density at radius 2 is 2.04 bits per heavy atom. The third-order valence-corrected chi connectivity index (χ3v) is 6.70. The van der Waals surface area contributed by atoms with Gasteiger partial charge in [0.05, 0.1) is 40.8 Å². The van der Waals surface area contributed by atoms with Gasteiger partial charge in [0.25, 0.3) is 0 Å². The molecule has 1 amide bonds. The van der Waals surface area contributed by atoms with Gasteiger partial charge in [-0.3, -0.25) is 4.79 Å².